The largest absolute Gasteiger partial charge is 0.507 e. The first-order chi connectivity index (χ1) is 16.6. The van der Waals surface area contributed by atoms with E-state index in [4.69, 9.17) is 14.3 Å². The number of hydrogen-bond acceptors (Lipinski definition) is 9. The molecule has 0 saturated carbocycles. The van der Waals surface area contributed by atoms with Crippen molar-refractivity contribution in [1.82, 2.24) is 0 Å². The third kappa shape index (κ3) is 7.93. The zero-order valence-corrected chi connectivity index (χ0v) is 20.8. The fourth-order valence-corrected chi connectivity index (χ4v) is 4.05. The van der Waals surface area contributed by atoms with Crippen LogP contribution < -0.4 is 4.74 Å². The Hall–Kier alpha value is -3.18. The maximum Gasteiger partial charge on any atom is 0.402 e. The van der Waals surface area contributed by atoms with Crippen LogP contribution in [0.5, 0.6) is 34.5 Å². The lowest BCUT2D eigenvalue weighted by Crippen LogP contribution is -2.00. The second-order valence-electron chi connectivity index (χ2n) is 7.69. The number of benzene rings is 2. The molecule has 1 aromatic heterocycles. The van der Waals surface area contributed by atoms with Crippen LogP contribution in [0.2, 0.25) is 0 Å². The molecule has 11 heteroatoms. The average molecular weight is 526 g/mol. The molecule has 0 bridgehead atoms. The molecule has 3 rings (SSSR count). The number of phenolic OH excluding ortho intramolecular Hbond substituents is 5. The van der Waals surface area contributed by atoms with Gasteiger partial charge in [-0.15, -0.1) is 0 Å². The average Bonchev–Trinajstić information content (AvgIpc) is 2.79. The molecule has 6 N–H and O–H groups in total. The number of carboxylic acids is 1. The Bertz CT molecular complexity index is 1140. The third-order valence-corrected chi connectivity index (χ3v) is 5.78. The molecule has 9 nitrogen and oxygen atoms in total. The molecule has 1 heterocycles. The van der Waals surface area contributed by atoms with Gasteiger partial charge in [0.25, 0.3) is 0 Å². The Morgan fingerprint density at radius 1 is 0.971 bits per heavy atom. The number of ether oxygens (including phenoxy) is 1. The van der Waals surface area contributed by atoms with Gasteiger partial charge in [-0.25, -0.2) is 4.42 Å². The van der Waals surface area contributed by atoms with Crippen molar-refractivity contribution in [1.29, 1.82) is 0 Å². The number of methoxy groups -OCH3 is 1. The quantitative estimate of drug-likeness (QED) is 0.0816. The van der Waals surface area contributed by atoms with Gasteiger partial charge < -0.3 is 35.4 Å². The SMILES string of the molecule is COc1cc2c(O)cc(O)cc2[o+]c1-c1cc(O)c(O)c(O)c1.O=C(O)CCCC[C@@H](S)CCS. The Morgan fingerprint density at radius 2 is 1.63 bits per heavy atom. The Kier molecular flexibility index (Phi) is 10.5. The molecule has 0 fully saturated rings. The summed E-state index contributed by atoms with van der Waals surface area (Å²) in [6.45, 7) is 0. The standard InChI is InChI=1S/C16H12O7.C8H16O2S2/c1-22-14-6-9-10(18)4-8(17)5-13(9)23-16(14)7-2-11(19)15(21)12(20)3-7;9-8(10)4-2-1-3-7(12)5-6-11/h2-6H,1H3,(H4-,17,18,19,20,21);7,11-12H,1-6H2,(H,9,10)/p+1/t;7-/m.1/s1. The third-order valence-electron chi connectivity index (χ3n) is 5.01. The van der Waals surface area contributed by atoms with Gasteiger partial charge in [-0.1, -0.05) is 6.42 Å². The van der Waals surface area contributed by atoms with Crippen LogP contribution in [0.15, 0.2) is 34.7 Å². The molecule has 3 aromatic rings. The van der Waals surface area contributed by atoms with Crippen molar-refractivity contribution >= 4 is 42.2 Å². The lowest BCUT2D eigenvalue weighted by Gasteiger charge is -2.06. The van der Waals surface area contributed by atoms with Crippen molar-refractivity contribution in [3.8, 4) is 45.8 Å². The summed E-state index contributed by atoms with van der Waals surface area (Å²) in [6.07, 6.45) is 3.99. The Balaban J connectivity index is 0.000000307. The van der Waals surface area contributed by atoms with Gasteiger partial charge in [0, 0.05) is 35.9 Å². The molecular weight excluding hydrogens is 496 g/mol. The number of carbonyl (C=O) groups is 1. The maximum atomic E-state index is 10.1. The molecule has 0 spiro atoms. The predicted octanol–water partition coefficient (Wildman–Crippen LogP) is 5.17. The van der Waals surface area contributed by atoms with Gasteiger partial charge in [0.2, 0.25) is 5.75 Å². The van der Waals surface area contributed by atoms with Crippen molar-refractivity contribution < 1.29 is 44.6 Å². The Labute approximate surface area is 213 Å². The van der Waals surface area contributed by atoms with Crippen molar-refractivity contribution in [3.05, 3.63) is 30.3 Å². The minimum Gasteiger partial charge on any atom is -0.507 e. The zero-order chi connectivity index (χ0) is 26.1. The van der Waals surface area contributed by atoms with E-state index in [2.05, 4.69) is 25.3 Å². The van der Waals surface area contributed by atoms with E-state index in [9.17, 15) is 30.3 Å². The number of fused-ring (bicyclic) bond motifs is 1. The summed E-state index contributed by atoms with van der Waals surface area (Å²) in [5, 5.41) is 57.2. The molecule has 0 radical (unpaired) electrons. The van der Waals surface area contributed by atoms with Crippen LogP contribution in [0, 0.1) is 0 Å². The van der Waals surface area contributed by atoms with E-state index in [0.29, 0.717) is 10.6 Å². The van der Waals surface area contributed by atoms with Crippen molar-refractivity contribution in [2.45, 2.75) is 37.4 Å². The highest BCUT2D eigenvalue weighted by Crippen LogP contribution is 2.43. The van der Waals surface area contributed by atoms with Gasteiger partial charge in [-0.05, 0) is 25.0 Å². The van der Waals surface area contributed by atoms with Gasteiger partial charge in [-0.3, -0.25) is 4.79 Å². The summed E-state index contributed by atoms with van der Waals surface area (Å²) < 4.78 is 10.8. The van der Waals surface area contributed by atoms with Crippen LogP contribution >= 0.6 is 25.3 Å². The molecule has 0 amide bonds. The minimum absolute atomic E-state index is 0.135. The topological polar surface area (TPSA) is 159 Å². The summed E-state index contributed by atoms with van der Waals surface area (Å²) in [5.41, 5.74) is 0.407. The zero-order valence-electron chi connectivity index (χ0n) is 19.0. The van der Waals surface area contributed by atoms with E-state index in [-0.39, 0.29) is 40.6 Å². The van der Waals surface area contributed by atoms with E-state index < -0.39 is 23.2 Å². The predicted molar refractivity (Wildman–Crippen MR) is 138 cm³/mol. The highest BCUT2D eigenvalue weighted by molar-refractivity contribution is 7.81. The molecule has 190 valence electrons. The fourth-order valence-electron chi connectivity index (χ4n) is 3.22. The van der Waals surface area contributed by atoms with Crippen molar-refractivity contribution in [3.63, 3.8) is 0 Å². The van der Waals surface area contributed by atoms with Crippen molar-refractivity contribution in [2.24, 2.45) is 0 Å². The second kappa shape index (κ2) is 13.1. The molecule has 0 aliphatic carbocycles. The number of rotatable bonds is 9. The molecule has 0 aliphatic rings. The van der Waals surface area contributed by atoms with E-state index >= 15 is 0 Å². The molecular formula is C24H29O9S2+. The van der Waals surface area contributed by atoms with Crippen LogP contribution in [0.25, 0.3) is 22.3 Å². The second-order valence-corrected chi connectivity index (χ2v) is 8.87. The number of thiol groups is 2. The first-order valence-electron chi connectivity index (χ1n) is 10.7. The number of aromatic hydroxyl groups is 5. The molecule has 35 heavy (non-hydrogen) atoms. The van der Waals surface area contributed by atoms with Gasteiger partial charge in [0.1, 0.15) is 16.9 Å². The first-order valence-corrected chi connectivity index (χ1v) is 11.8. The number of phenols is 5. The van der Waals surface area contributed by atoms with Crippen LogP contribution in [0.3, 0.4) is 0 Å². The summed E-state index contributed by atoms with van der Waals surface area (Å²) in [4.78, 5) is 10.1. The first kappa shape index (κ1) is 28.1. The highest BCUT2D eigenvalue weighted by atomic mass is 32.1. The van der Waals surface area contributed by atoms with Gasteiger partial charge in [0.15, 0.2) is 17.2 Å². The lowest BCUT2D eigenvalue weighted by atomic mass is 10.1. The van der Waals surface area contributed by atoms with Gasteiger partial charge in [0.05, 0.1) is 18.7 Å². The van der Waals surface area contributed by atoms with E-state index in [0.717, 1.165) is 37.5 Å². The van der Waals surface area contributed by atoms with Crippen LogP contribution in [-0.2, 0) is 4.79 Å². The number of hydrogen-bond donors (Lipinski definition) is 8. The highest BCUT2D eigenvalue weighted by Gasteiger charge is 2.26. The molecule has 1 atom stereocenters. The maximum absolute atomic E-state index is 10.1. The van der Waals surface area contributed by atoms with Crippen LogP contribution in [0.4, 0.5) is 0 Å². The van der Waals surface area contributed by atoms with Gasteiger partial charge in [-0.2, -0.15) is 25.3 Å². The summed E-state index contributed by atoms with van der Waals surface area (Å²) >= 11 is 8.43. The molecule has 0 saturated heterocycles. The minimum atomic E-state index is -0.708. The normalized spacial score (nSPS) is 11.5. The number of carboxylic acid groups (broad SMARTS) is 1. The van der Waals surface area contributed by atoms with Crippen LogP contribution in [-0.4, -0.2) is 54.7 Å². The van der Waals surface area contributed by atoms with Crippen molar-refractivity contribution in [2.75, 3.05) is 12.9 Å². The van der Waals surface area contributed by atoms with E-state index in [1.165, 1.54) is 31.4 Å². The molecule has 2 aromatic carbocycles. The lowest BCUT2D eigenvalue weighted by molar-refractivity contribution is -0.137. The molecule has 0 unspecified atom stereocenters. The summed E-state index contributed by atoms with van der Waals surface area (Å²) in [5.74, 6) is -1.58. The fraction of sp³-hybridized carbons (Fsp3) is 0.333. The van der Waals surface area contributed by atoms with E-state index in [1.807, 2.05) is 0 Å². The summed E-state index contributed by atoms with van der Waals surface area (Å²) in [7, 11) is 1.39. The monoisotopic (exact) mass is 525 g/mol. The van der Waals surface area contributed by atoms with Crippen LogP contribution in [0.1, 0.15) is 32.1 Å². The van der Waals surface area contributed by atoms with E-state index in [1.54, 1.807) is 0 Å². The molecule has 0 aliphatic heterocycles. The summed E-state index contributed by atoms with van der Waals surface area (Å²) in [6, 6.07) is 6.33. The Morgan fingerprint density at radius 3 is 2.20 bits per heavy atom. The smallest absolute Gasteiger partial charge is 0.402 e. The van der Waals surface area contributed by atoms with Gasteiger partial charge >= 0.3 is 17.3 Å². The number of aliphatic carboxylic acids is 1. The number of unbranched alkanes of at least 4 members (excludes halogenated alkanes) is 1.